The van der Waals surface area contributed by atoms with Crippen LogP contribution in [0.2, 0.25) is 0 Å². The summed E-state index contributed by atoms with van der Waals surface area (Å²) in [6, 6.07) is 0. The molecule has 1 N–H and O–H groups in total. The minimum absolute atomic E-state index is 0. The molecule has 1 atom stereocenters. The molecule has 0 radical (unpaired) electrons. The van der Waals surface area contributed by atoms with E-state index in [1.807, 2.05) is 0 Å². The van der Waals surface area contributed by atoms with E-state index in [1.165, 1.54) is 13.8 Å². The van der Waals surface area contributed by atoms with Crippen molar-refractivity contribution in [1.29, 1.82) is 0 Å². The summed E-state index contributed by atoms with van der Waals surface area (Å²) >= 11 is 0. The van der Waals surface area contributed by atoms with E-state index in [2.05, 4.69) is 9.47 Å². The topological polar surface area (TPSA) is 72.8 Å². The molecule has 0 aromatic carbocycles. The molecule has 0 aromatic rings. The van der Waals surface area contributed by atoms with Gasteiger partial charge in [0, 0.05) is 0 Å². The van der Waals surface area contributed by atoms with E-state index in [1.54, 1.807) is 0 Å². The third-order valence-electron chi connectivity index (χ3n) is 2.09. The smallest absolute Gasteiger partial charge is 0.358 e. The number of ether oxygens (including phenoxy) is 2. The number of halogens is 10. The van der Waals surface area contributed by atoms with E-state index in [-0.39, 0.29) is 17.5 Å². The van der Waals surface area contributed by atoms with Gasteiger partial charge in [-0.3, -0.25) is 14.0 Å². The van der Waals surface area contributed by atoms with Gasteiger partial charge in [0.2, 0.25) is 13.0 Å². The largest absolute Gasteiger partial charge is 0.435 e. The second-order valence-corrected chi connectivity index (χ2v) is 4.65. The minimum Gasteiger partial charge on any atom is -0.358 e. The molecule has 26 heavy (non-hydrogen) atoms. The highest BCUT2D eigenvalue weighted by atomic mass is 32.3. The van der Waals surface area contributed by atoms with Crippen LogP contribution in [0.25, 0.3) is 0 Å². The fraction of sp³-hybridized carbons (Fsp3) is 1.00. The normalized spacial score (nSPS) is 13.0. The molecule has 164 valence electrons. The van der Waals surface area contributed by atoms with Gasteiger partial charge in [-0.15, -0.1) is 0 Å². The molecule has 0 aromatic heterocycles. The molecule has 16 heteroatoms. The maximum atomic E-state index is 12.9. The molecule has 5 nitrogen and oxygen atoms in total. The predicted molar refractivity (Wildman–Crippen MR) is 69.5 cm³/mol. The lowest BCUT2D eigenvalue weighted by molar-refractivity contribution is -0.376. The third-order valence-corrected chi connectivity index (χ3v) is 2.09. The number of hydrogen-bond donors (Lipinski definition) is 1. The maximum absolute atomic E-state index is 12.9. The van der Waals surface area contributed by atoms with Crippen molar-refractivity contribution in [1.82, 2.24) is 0 Å². The molecule has 0 bridgehead atoms. The zero-order valence-electron chi connectivity index (χ0n) is 13.3. The van der Waals surface area contributed by atoms with Crippen LogP contribution in [0.15, 0.2) is 0 Å². The zero-order valence-corrected chi connectivity index (χ0v) is 14.1. The fourth-order valence-corrected chi connectivity index (χ4v) is 1.17. The Kier molecular flexibility index (Phi) is 19.2. The highest BCUT2D eigenvalue weighted by Gasteiger charge is 2.59. The molecule has 0 aliphatic heterocycles. The predicted octanol–water partition coefficient (Wildman–Crippen LogP) is 4.45. The van der Waals surface area contributed by atoms with E-state index >= 15 is 0 Å². The summed E-state index contributed by atoms with van der Waals surface area (Å²) in [7, 11) is -5.17. The SMILES string of the molecule is CCC(CC)OC(C(F)(F)F)C(F)(F)OCF.F.FCF.O=S(=O)(O)F. The van der Waals surface area contributed by atoms with Crippen LogP contribution in [-0.4, -0.2) is 51.3 Å². The Morgan fingerprint density at radius 2 is 1.31 bits per heavy atom. The van der Waals surface area contributed by atoms with Crippen molar-refractivity contribution >= 4 is 10.5 Å². The molecule has 0 heterocycles. The summed E-state index contributed by atoms with van der Waals surface area (Å²) in [6.45, 7) is -0.780. The van der Waals surface area contributed by atoms with Crippen molar-refractivity contribution in [2.75, 3.05) is 13.8 Å². The molecule has 0 aliphatic carbocycles. The first-order chi connectivity index (χ1) is 11.1. The highest BCUT2D eigenvalue weighted by molar-refractivity contribution is 7.80. The van der Waals surface area contributed by atoms with Gasteiger partial charge in [0.1, 0.15) is 0 Å². The van der Waals surface area contributed by atoms with Crippen LogP contribution in [-0.2, 0) is 20.0 Å². The first kappa shape index (κ1) is 32.8. The van der Waals surface area contributed by atoms with Gasteiger partial charge in [-0.2, -0.15) is 30.4 Å². The second-order valence-electron chi connectivity index (χ2n) is 3.82. The van der Waals surface area contributed by atoms with E-state index < -0.39 is 48.8 Å². The number of hydrogen-bond acceptors (Lipinski definition) is 4. The summed E-state index contributed by atoms with van der Waals surface area (Å²) in [5.74, 6) is 0. The van der Waals surface area contributed by atoms with Gasteiger partial charge in [-0.05, 0) is 12.8 Å². The molecular weight excluding hydrogens is 422 g/mol. The average molecular weight is 440 g/mol. The van der Waals surface area contributed by atoms with E-state index in [4.69, 9.17) is 13.0 Å². The van der Waals surface area contributed by atoms with Gasteiger partial charge in [0.05, 0.1) is 6.10 Å². The summed E-state index contributed by atoms with van der Waals surface area (Å²) in [4.78, 5) is 0. The molecule has 0 rings (SSSR count). The average Bonchev–Trinajstić information content (AvgIpc) is 2.37. The number of rotatable bonds is 7. The van der Waals surface area contributed by atoms with E-state index in [9.17, 15) is 39.0 Å². The van der Waals surface area contributed by atoms with Crippen LogP contribution in [0.1, 0.15) is 26.7 Å². The summed E-state index contributed by atoms with van der Waals surface area (Å²) in [6.07, 6.45) is -14.3. The summed E-state index contributed by atoms with van der Waals surface area (Å²) in [5, 5.41) is 0. The van der Waals surface area contributed by atoms with Crippen LogP contribution in [0.4, 0.5) is 43.7 Å². The number of alkyl halides is 8. The van der Waals surface area contributed by atoms with E-state index in [0.29, 0.717) is 0 Å². The van der Waals surface area contributed by atoms with Crippen LogP contribution >= 0.6 is 0 Å². The van der Waals surface area contributed by atoms with Gasteiger partial charge >= 0.3 is 22.8 Å². The van der Waals surface area contributed by atoms with Crippen molar-refractivity contribution in [3.05, 3.63) is 0 Å². The van der Waals surface area contributed by atoms with Crippen LogP contribution < -0.4 is 0 Å². The Morgan fingerprint density at radius 3 is 1.50 bits per heavy atom. The first-order valence-electron chi connectivity index (χ1n) is 6.19. The molecule has 0 spiro atoms. The molecule has 0 saturated carbocycles. The molecule has 0 fully saturated rings. The van der Waals surface area contributed by atoms with Crippen molar-refractivity contribution in [2.24, 2.45) is 0 Å². The Morgan fingerprint density at radius 1 is 1.00 bits per heavy atom. The van der Waals surface area contributed by atoms with Gasteiger partial charge < -0.3 is 4.74 Å². The second kappa shape index (κ2) is 15.2. The Bertz CT molecular complexity index is 405. The standard InChI is InChI=1S/C9H14F6O2.CH2F2.FHO3S.FH/c1-3-6(4-2)17-7(8(11,12)13)9(14,15)16-5-10;2-1-3;1-5(2,3)4;/h6-7H,3-5H2,1-2H3;1H2;(H,2,3,4);1H. The van der Waals surface area contributed by atoms with Crippen LogP contribution in [0, 0.1) is 0 Å². The van der Waals surface area contributed by atoms with Gasteiger partial charge in [-0.25, -0.2) is 13.2 Å². The molecular formula is C10H18F10O5S. The van der Waals surface area contributed by atoms with Crippen molar-refractivity contribution < 1.29 is 66.2 Å². The van der Waals surface area contributed by atoms with Crippen molar-refractivity contribution in [3.8, 4) is 0 Å². The fourth-order valence-electron chi connectivity index (χ4n) is 1.17. The summed E-state index contributed by atoms with van der Waals surface area (Å²) < 4.78 is 135. The lowest BCUT2D eigenvalue weighted by Gasteiger charge is -2.30. The van der Waals surface area contributed by atoms with Gasteiger partial charge in [0.15, 0.2) is 6.86 Å². The lowest BCUT2D eigenvalue weighted by Crippen LogP contribution is -2.50. The lowest BCUT2D eigenvalue weighted by atomic mass is 10.2. The molecule has 0 amide bonds. The van der Waals surface area contributed by atoms with Crippen molar-refractivity contribution in [3.63, 3.8) is 0 Å². The maximum Gasteiger partial charge on any atom is 0.435 e. The monoisotopic (exact) mass is 440 g/mol. The van der Waals surface area contributed by atoms with Gasteiger partial charge in [0.25, 0.3) is 0 Å². The molecule has 1 unspecified atom stereocenters. The minimum atomic E-state index is -5.33. The van der Waals surface area contributed by atoms with Crippen molar-refractivity contribution in [2.45, 2.75) is 51.2 Å². The quantitative estimate of drug-likeness (QED) is 0.360. The highest BCUT2D eigenvalue weighted by Crippen LogP contribution is 2.36. The zero-order chi connectivity index (χ0) is 20.9. The Hall–Kier alpha value is -0.870. The Balaban J connectivity index is -0.000000226. The van der Waals surface area contributed by atoms with Gasteiger partial charge in [-0.1, -0.05) is 17.7 Å². The third kappa shape index (κ3) is 21.2. The molecule has 0 saturated heterocycles. The van der Waals surface area contributed by atoms with Crippen LogP contribution in [0.5, 0.6) is 0 Å². The van der Waals surface area contributed by atoms with Crippen LogP contribution in [0.3, 0.4) is 0 Å². The first-order valence-corrected chi connectivity index (χ1v) is 7.53. The van der Waals surface area contributed by atoms with E-state index in [0.717, 1.165) is 0 Å². The molecule has 0 aliphatic rings. The summed E-state index contributed by atoms with van der Waals surface area (Å²) in [5.41, 5.74) is 0. The Labute approximate surface area is 142 Å².